The molecule has 0 bridgehead atoms. The number of carbonyl (C=O) groups excluding carboxylic acids is 1. The molecule has 0 radical (unpaired) electrons. The molecule has 0 aromatic heterocycles. The quantitative estimate of drug-likeness (QED) is 0.313. The van der Waals surface area contributed by atoms with Crippen molar-refractivity contribution in [2.24, 2.45) is 0 Å². The summed E-state index contributed by atoms with van der Waals surface area (Å²) in [6.07, 6.45) is 4.59. The summed E-state index contributed by atoms with van der Waals surface area (Å²) >= 11 is 1.49. The Morgan fingerprint density at radius 3 is 2.05 bits per heavy atom. The van der Waals surface area contributed by atoms with Crippen molar-refractivity contribution in [3.8, 4) is 5.75 Å². The van der Waals surface area contributed by atoms with E-state index in [9.17, 15) is 21.6 Å². The van der Waals surface area contributed by atoms with Crippen LogP contribution in [0.2, 0.25) is 0 Å². The predicted octanol–water partition coefficient (Wildman–Crippen LogP) is 4.82. The Morgan fingerprint density at radius 1 is 0.875 bits per heavy atom. The molecule has 4 rings (SSSR count). The molecular weight excluding hydrogens is 571 g/mol. The predicted molar refractivity (Wildman–Crippen MR) is 158 cm³/mol. The minimum atomic E-state index is -4.09. The highest BCUT2D eigenvalue weighted by Crippen LogP contribution is 2.28. The second-order valence-corrected chi connectivity index (χ2v) is 13.8. The lowest BCUT2D eigenvalue weighted by Crippen LogP contribution is -2.38. The third kappa shape index (κ3) is 6.98. The fourth-order valence-electron chi connectivity index (χ4n) is 4.36. The molecule has 0 spiro atoms. The largest absolute Gasteiger partial charge is 0.494 e. The molecule has 0 aliphatic carbocycles. The summed E-state index contributed by atoms with van der Waals surface area (Å²) < 4.78 is 61.2. The standard InChI is InChI=1S/C28H33N3O6S3/c1-3-37-24-11-9-23(10-12-24)31(40(35,36)27-17-13-25(38-2)14-18-27)21-28(32)29-22-7-15-26(16-8-22)39(33,34)30-19-5-4-6-20-30/h7-18H,3-6,19-21H2,1-2H3,(H,29,32). The van der Waals surface area contributed by atoms with Crippen LogP contribution in [-0.2, 0) is 24.8 Å². The Labute approximate surface area is 240 Å². The van der Waals surface area contributed by atoms with Crippen LogP contribution in [0.1, 0.15) is 26.2 Å². The van der Waals surface area contributed by atoms with Gasteiger partial charge in [-0.3, -0.25) is 9.10 Å². The molecule has 0 saturated carbocycles. The highest BCUT2D eigenvalue weighted by atomic mass is 32.2. The molecular formula is C28H33N3O6S3. The highest BCUT2D eigenvalue weighted by Gasteiger charge is 2.28. The van der Waals surface area contributed by atoms with E-state index in [4.69, 9.17) is 4.74 Å². The maximum absolute atomic E-state index is 13.7. The van der Waals surface area contributed by atoms with Gasteiger partial charge >= 0.3 is 0 Å². The van der Waals surface area contributed by atoms with Crippen LogP contribution in [0.25, 0.3) is 0 Å². The number of hydrogen-bond donors (Lipinski definition) is 1. The number of piperidine rings is 1. The van der Waals surface area contributed by atoms with Gasteiger partial charge in [0.2, 0.25) is 15.9 Å². The molecule has 40 heavy (non-hydrogen) atoms. The van der Waals surface area contributed by atoms with Crippen LogP contribution in [0, 0.1) is 0 Å². The molecule has 1 amide bonds. The Hall–Kier alpha value is -3.06. The lowest BCUT2D eigenvalue weighted by atomic mass is 10.2. The molecule has 1 heterocycles. The molecule has 12 heteroatoms. The van der Waals surface area contributed by atoms with Crippen molar-refractivity contribution < 1.29 is 26.4 Å². The molecule has 1 saturated heterocycles. The van der Waals surface area contributed by atoms with Gasteiger partial charge in [-0.25, -0.2) is 16.8 Å². The molecule has 1 fully saturated rings. The number of sulfonamides is 2. The van der Waals surface area contributed by atoms with Crippen molar-refractivity contribution in [1.82, 2.24) is 4.31 Å². The number of anilines is 2. The number of benzene rings is 3. The van der Waals surface area contributed by atoms with Gasteiger partial charge in [-0.05, 0) is 98.8 Å². The zero-order chi connectivity index (χ0) is 28.8. The van der Waals surface area contributed by atoms with Gasteiger partial charge in [-0.1, -0.05) is 6.42 Å². The normalized spacial score (nSPS) is 14.4. The summed E-state index contributed by atoms with van der Waals surface area (Å²) in [4.78, 5) is 14.2. The van der Waals surface area contributed by atoms with E-state index in [2.05, 4.69) is 5.32 Å². The Balaban J connectivity index is 1.55. The number of hydrogen-bond acceptors (Lipinski definition) is 7. The van der Waals surface area contributed by atoms with Crippen molar-refractivity contribution in [3.05, 3.63) is 72.8 Å². The summed E-state index contributed by atoms with van der Waals surface area (Å²) in [5.74, 6) is 0.00167. The number of rotatable bonds is 11. The molecule has 3 aromatic rings. The smallest absolute Gasteiger partial charge is 0.264 e. The van der Waals surface area contributed by atoms with Crippen LogP contribution in [0.4, 0.5) is 11.4 Å². The van der Waals surface area contributed by atoms with Crippen LogP contribution in [-0.4, -0.2) is 59.5 Å². The lowest BCUT2D eigenvalue weighted by molar-refractivity contribution is -0.114. The minimum Gasteiger partial charge on any atom is -0.494 e. The Morgan fingerprint density at radius 2 is 1.48 bits per heavy atom. The molecule has 1 aliphatic heterocycles. The topological polar surface area (TPSA) is 113 Å². The van der Waals surface area contributed by atoms with E-state index >= 15 is 0 Å². The van der Waals surface area contributed by atoms with Gasteiger partial charge in [0.05, 0.1) is 22.1 Å². The maximum atomic E-state index is 13.7. The molecule has 0 unspecified atom stereocenters. The second kappa shape index (κ2) is 13.1. The number of nitrogens with one attached hydrogen (secondary N) is 1. The van der Waals surface area contributed by atoms with Gasteiger partial charge in [-0.15, -0.1) is 11.8 Å². The van der Waals surface area contributed by atoms with E-state index in [0.29, 0.717) is 36.8 Å². The summed E-state index contributed by atoms with van der Waals surface area (Å²) in [5, 5.41) is 2.69. The first-order valence-corrected chi connectivity index (χ1v) is 17.1. The summed E-state index contributed by atoms with van der Waals surface area (Å²) in [7, 11) is -7.70. The number of nitrogens with zero attached hydrogens (tertiary/aromatic N) is 2. The average Bonchev–Trinajstić information content (AvgIpc) is 2.97. The van der Waals surface area contributed by atoms with E-state index < -0.39 is 32.5 Å². The monoisotopic (exact) mass is 603 g/mol. The van der Waals surface area contributed by atoms with Gasteiger partial charge in [0.25, 0.3) is 10.0 Å². The van der Waals surface area contributed by atoms with Crippen LogP contribution >= 0.6 is 11.8 Å². The van der Waals surface area contributed by atoms with Crippen LogP contribution in [0.5, 0.6) is 5.75 Å². The van der Waals surface area contributed by atoms with E-state index in [0.717, 1.165) is 28.5 Å². The van der Waals surface area contributed by atoms with Crippen molar-refractivity contribution in [1.29, 1.82) is 0 Å². The number of ether oxygens (including phenoxy) is 1. The fraction of sp³-hybridized carbons (Fsp3) is 0.321. The van der Waals surface area contributed by atoms with Gasteiger partial charge in [-0.2, -0.15) is 4.31 Å². The third-order valence-corrected chi connectivity index (χ3v) is 10.9. The average molecular weight is 604 g/mol. The summed E-state index contributed by atoms with van der Waals surface area (Å²) in [6, 6.07) is 18.9. The number of amides is 1. The Kier molecular flexibility index (Phi) is 9.77. The zero-order valence-corrected chi connectivity index (χ0v) is 24.9. The van der Waals surface area contributed by atoms with Crippen molar-refractivity contribution in [3.63, 3.8) is 0 Å². The van der Waals surface area contributed by atoms with E-state index in [-0.39, 0.29) is 9.79 Å². The van der Waals surface area contributed by atoms with Crippen LogP contribution in [0.3, 0.4) is 0 Å². The van der Waals surface area contributed by atoms with Gasteiger partial charge < -0.3 is 10.1 Å². The summed E-state index contributed by atoms with van der Waals surface area (Å²) in [5.41, 5.74) is 0.659. The van der Waals surface area contributed by atoms with E-state index in [1.54, 1.807) is 36.4 Å². The van der Waals surface area contributed by atoms with E-state index in [1.165, 1.54) is 52.5 Å². The van der Waals surface area contributed by atoms with Gasteiger partial charge in [0.15, 0.2) is 0 Å². The van der Waals surface area contributed by atoms with Crippen molar-refractivity contribution in [2.45, 2.75) is 40.9 Å². The first-order chi connectivity index (χ1) is 19.1. The van der Waals surface area contributed by atoms with Gasteiger partial charge in [0.1, 0.15) is 12.3 Å². The van der Waals surface area contributed by atoms with Gasteiger partial charge in [0, 0.05) is 23.7 Å². The zero-order valence-electron chi connectivity index (χ0n) is 22.4. The first-order valence-electron chi connectivity index (χ1n) is 12.9. The molecule has 9 nitrogen and oxygen atoms in total. The minimum absolute atomic E-state index is 0.0549. The van der Waals surface area contributed by atoms with Crippen molar-refractivity contribution in [2.75, 3.05) is 42.1 Å². The number of carbonyl (C=O) groups is 1. The number of thioether (sulfide) groups is 1. The highest BCUT2D eigenvalue weighted by molar-refractivity contribution is 7.98. The van der Waals surface area contributed by atoms with Crippen LogP contribution in [0.15, 0.2) is 87.5 Å². The molecule has 3 aromatic carbocycles. The molecule has 0 atom stereocenters. The maximum Gasteiger partial charge on any atom is 0.264 e. The lowest BCUT2D eigenvalue weighted by Gasteiger charge is -2.26. The second-order valence-electron chi connectivity index (χ2n) is 9.15. The fourth-order valence-corrected chi connectivity index (χ4v) is 7.71. The van der Waals surface area contributed by atoms with Crippen molar-refractivity contribution >= 4 is 49.1 Å². The summed E-state index contributed by atoms with van der Waals surface area (Å²) in [6.45, 7) is 2.81. The molecule has 214 valence electrons. The van der Waals surface area contributed by atoms with E-state index in [1.807, 2.05) is 13.2 Å². The SMILES string of the molecule is CCOc1ccc(N(CC(=O)Nc2ccc(S(=O)(=O)N3CCCCC3)cc2)S(=O)(=O)c2ccc(SC)cc2)cc1. The molecule has 1 aliphatic rings. The Bertz CT molecular complexity index is 1500. The van der Waals surface area contributed by atoms with Crippen LogP contribution < -0.4 is 14.4 Å². The first kappa shape index (κ1) is 29.9. The third-order valence-electron chi connectivity index (χ3n) is 6.46. The molecule has 1 N–H and O–H groups in total.